The summed E-state index contributed by atoms with van der Waals surface area (Å²) in [5.41, 5.74) is 5.56. The van der Waals surface area contributed by atoms with Crippen molar-refractivity contribution in [2.75, 3.05) is 6.54 Å². The topological polar surface area (TPSA) is 75.3 Å². The number of nitrogens with one attached hydrogen (secondary N) is 1. The Balaban J connectivity index is 0. The third-order valence-electron chi connectivity index (χ3n) is 1.74. The quantitative estimate of drug-likeness (QED) is 0.577. The molecule has 74 valence electrons. The average Bonchev–Trinajstić information content (AvgIpc) is 1.88. The Morgan fingerprint density at radius 1 is 1.50 bits per heavy atom. The van der Waals surface area contributed by atoms with E-state index in [0.29, 0.717) is 6.42 Å². The van der Waals surface area contributed by atoms with Gasteiger partial charge in [-0.2, -0.15) is 0 Å². The molecular weight excluding hydrogens is 203 g/mol. The first-order valence-corrected chi connectivity index (χ1v) is 3.42. The number of halogens is 2. The number of rotatable bonds is 1. The van der Waals surface area contributed by atoms with E-state index in [1.807, 2.05) is 0 Å². The SMILES string of the molecule is Cl.Cl.NC1CCNC(C(=O)O)C1. The summed E-state index contributed by atoms with van der Waals surface area (Å²) in [6, 6.07) is -0.369. The van der Waals surface area contributed by atoms with Crippen LogP contribution in [0.3, 0.4) is 0 Å². The van der Waals surface area contributed by atoms with E-state index in [1.165, 1.54) is 0 Å². The molecule has 0 amide bonds. The van der Waals surface area contributed by atoms with Gasteiger partial charge in [-0.1, -0.05) is 0 Å². The number of carboxylic acids is 1. The van der Waals surface area contributed by atoms with Crippen LogP contribution in [0.2, 0.25) is 0 Å². The Bertz CT molecular complexity index is 146. The maximum Gasteiger partial charge on any atom is 0.320 e. The van der Waals surface area contributed by atoms with Crippen molar-refractivity contribution in [3.63, 3.8) is 0 Å². The van der Waals surface area contributed by atoms with E-state index in [1.54, 1.807) is 0 Å². The van der Waals surface area contributed by atoms with Crippen LogP contribution >= 0.6 is 24.8 Å². The number of piperidine rings is 1. The molecule has 0 bridgehead atoms. The number of hydrogen-bond acceptors (Lipinski definition) is 3. The number of carbonyl (C=O) groups is 1. The zero-order chi connectivity index (χ0) is 7.56. The van der Waals surface area contributed by atoms with Crippen LogP contribution in [0.25, 0.3) is 0 Å². The molecule has 1 heterocycles. The van der Waals surface area contributed by atoms with Gasteiger partial charge in [0.15, 0.2) is 0 Å². The number of carboxylic acid groups (broad SMARTS) is 1. The van der Waals surface area contributed by atoms with Gasteiger partial charge in [-0.15, -0.1) is 24.8 Å². The molecule has 1 aliphatic heterocycles. The Morgan fingerprint density at radius 2 is 2.08 bits per heavy atom. The molecule has 2 unspecified atom stereocenters. The van der Waals surface area contributed by atoms with Gasteiger partial charge in [0.2, 0.25) is 0 Å². The van der Waals surface area contributed by atoms with Crippen molar-refractivity contribution in [2.45, 2.75) is 24.9 Å². The lowest BCUT2D eigenvalue weighted by molar-refractivity contribution is -0.140. The highest BCUT2D eigenvalue weighted by molar-refractivity contribution is 5.85. The second kappa shape index (κ2) is 6.48. The van der Waals surface area contributed by atoms with Gasteiger partial charge < -0.3 is 16.2 Å². The van der Waals surface area contributed by atoms with Crippen molar-refractivity contribution in [3.8, 4) is 0 Å². The molecule has 1 rings (SSSR count). The molecule has 4 N–H and O–H groups in total. The van der Waals surface area contributed by atoms with Gasteiger partial charge >= 0.3 is 5.97 Å². The van der Waals surface area contributed by atoms with Gasteiger partial charge in [-0.3, -0.25) is 4.79 Å². The van der Waals surface area contributed by atoms with Crippen molar-refractivity contribution in [1.29, 1.82) is 0 Å². The molecule has 1 saturated heterocycles. The maximum absolute atomic E-state index is 10.4. The molecule has 0 spiro atoms. The highest BCUT2D eigenvalue weighted by Gasteiger charge is 2.23. The van der Waals surface area contributed by atoms with Gasteiger partial charge in [0.05, 0.1) is 0 Å². The summed E-state index contributed by atoms with van der Waals surface area (Å²) in [4.78, 5) is 10.4. The van der Waals surface area contributed by atoms with Crippen molar-refractivity contribution in [1.82, 2.24) is 5.32 Å². The minimum absolute atomic E-state index is 0. The van der Waals surface area contributed by atoms with Gasteiger partial charge in [0.1, 0.15) is 6.04 Å². The lowest BCUT2D eigenvalue weighted by Gasteiger charge is -2.24. The lowest BCUT2D eigenvalue weighted by Crippen LogP contribution is -2.47. The van der Waals surface area contributed by atoms with Crippen LogP contribution in [0.4, 0.5) is 0 Å². The number of aliphatic carboxylic acids is 1. The van der Waals surface area contributed by atoms with Crippen molar-refractivity contribution in [2.24, 2.45) is 5.73 Å². The second-order valence-corrected chi connectivity index (χ2v) is 2.63. The Labute approximate surface area is 83.7 Å². The summed E-state index contributed by atoms with van der Waals surface area (Å²) in [7, 11) is 0. The van der Waals surface area contributed by atoms with Crippen molar-refractivity contribution < 1.29 is 9.90 Å². The van der Waals surface area contributed by atoms with E-state index < -0.39 is 12.0 Å². The summed E-state index contributed by atoms with van der Waals surface area (Å²) in [6.45, 7) is 0.720. The van der Waals surface area contributed by atoms with Gasteiger partial charge in [0, 0.05) is 6.04 Å². The smallest absolute Gasteiger partial charge is 0.320 e. The van der Waals surface area contributed by atoms with Gasteiger partial charge in [-0.25, -0.2) is 0 Å². The molecule has 0 aromatic rings. The fourth-order valence-corrected chi connectivity index (χ4v) is 1.14. The van der Waals surface area contributed by atoms with E-state index in [0.717, 1.165) is 13.0 Å². The Kier molecular flexibility index (Phi) is 7.83. The molecule has 1 fully saturated rings. The van der Waals surface area contributed by atoms with Crippen LogP contribution < -0.4 is 11.1 Å². The fraction of sp³-hybridized carbons (Fsp3) is 0.833. The van der Waals surface area contributed by atoms with Gasteiger partial charge in [-0.05, 0) is 19.4 Å². The van der Waals surface area contributed by atoms with Crippen LogP contribution in [-0.4, -0.2) is 29.7 Å². The van der Waals surface area contributed by atoms with E-state index in [4.69, 9.17) is 10.8 Å². The number of hydrogen-bond donors (Lipinski definition) is 3. The summed E-state index contributed by atoms with van der Waals surface area (Å²) < 4.78 is 0. The predicted octanol–water partition coefficient (Wildman–Crippen LogP) is -0.00610. The molecule has 1 aliphatic rings. The van der Waals surface area contributed by atoms with E-state index >= 15 is 0 Å². The highest BCUT2D eigenvalue weighted by Crippen LogP contribution is 2.05. The van der Waals surface area contributed by atoms with Crippen molar-refractivity contribution in [3.05, 3.63) is 0 Å². The predicted molar refractivity (Wildman–Crippen MR) is 51.1 cm³/mol. The maximum atomic E-state index is 10.4. The summed E-state index contributed by atoms with van der Waals surface area (Å²) >= 11 is 0. The lowest BCUT2D eigenvalue weighted by atomic mass is 10.0. The number of nitrogens with two attached hydrogens (primary N) is 1. The average molecular weight is 217 g/mol. The largest absolute Gasteiger partial charge is 0.480 e. The van der Waals surface area contributed by atoms with E-state index in [2.05, 4.69) is 5.32 Å². The molecule has 0 aromatic heterocycles. The van der Waals surface area contributed by atoms with E-state index in [-0.39, 0.29) is 30.9 Å². The molecular formula is C6H14Cl2N2O2. The second-order valence-electron chi connectivity index (χ2n) is 2.63. The molecule has 2 atom stereocenters. The van der Waals surface area contributed by atoms with Crippen LogP contribution in [0.5, 0.6) is 0 Å². The fourth-order valence-electron chi connectivity index (χ4n) is 1.14. The first kappa shape index (κ1) is 14.5. The summed E-state index contributed by atoms with van der Waals surface area (Å²) in [6.07, 6.45) is 1.43. The minimum atomic E-state index is -0.796. The molecule has 4 nitrogen and oxygen atoms in total. The zero-order valence-corrected chi connectivity index (χ0v) is 8.16. The highest BCUT2D eigenvalue weighted by atomic mass is 35.5. The van der Waals surface area contributed by atoms with Crippen LogP contribution in [-0.2, 0) is 4.79 Å². The molecule has 0 aromatic carbocycles. The third kappa shape index (κ3) is 4.11. The van der Waals surface area contributed by atoms with E-state index in [9.17, 15) is 4.79 Å². The summed E-state index contributed by atoms with van der Waals surface area (Å²) in [5, 5.41) is 11.4. The first-order chi connectivity index (χ1) is 4.70. The third-order valence-corrected chi connectivity index (χ3v) is 1.74. The molecule has 12 heavy (non-hydrogen) atoms. The molecule has 0 aliphatic carbocycles. The summed E-state index contributed by atoms with van der Waals surface area (Å²) in [5.74, 6) is -0.796. The normalized spacial score (nSPS) is 28.1. The minimum Gasteiger partial charge on any atom is -0.480 e. The van der Waals surface area contributed by atoms with Crippen molar-refractivity contribution >= 4 is 30.8 Å². The zero-order valence-electron chi connectivity index (χ0n) is 6.53. The standard InChI is InChI=1S/C6H12N2O2.2ClH/c7-4-1-2-8-5(3-4)6(9)10;;/h4-5,8H,1-3,7H2,(H,9,10);2*1H. The molecule has 6 heteroatoms. The first-order valence-electron chi connectivity index (χ1n) is 3.42. The van der Waals surface area contributed by atoms with Crippen LogP contribution in [0.1, 0.15) is 12.8 Å². The molecule has 0 radical (unpaired) electrons. The Morgan fingerprint density at radius 3 is 2.42 bits per heavy atom. The monoisotopic (exact) mass is 216 g/mol. The Hall–Kier alpha value is -0.0300. The van der Waals surface area contributed by atoms with Crippen LogP contribution in [0.15, 0.2) is 0 Å². The molecule has 0 saturated carbocycles. The van der Waals surface area contributed by atoms with Crippen LogP contribution in [0, 0.1) is 0 Å². The van der Waals surface area contributed by atoms with Gasteiger partial charge in [0.25, 0.3) is 0 Å².